The summed E-state index contributed by atoms with van der Waals surface area (Å²) in [7, 11) is 0. The van der Waals surface area contributed by atoms with E-state index in [-0.39, 0.29) is 0 Å². The Morgan fingerprint density at radius 3 is 2.87 bits per heavy atom. The van der Waals surface area contributed by atoms with E-state index in [0.29, 0.717) is 17.9 Å². The zero-order valence-electron chi connectivity index (χ0n) is 8.94. The van der Waals surface area contributed by atoms with Crippen molar-refractivity contribution in [3.05, 3.63) is 34.2 Å². The monoisotopic (exact) mass is 275 g/mol. The average Bonchev–Trinajstić information content (AvgIpc) is 2.15. The van der Waals surface area contributed by atoms with Gasteiger partial charge in [-0.3, -0.25) is 0 Å². The smallest absolute Gasteiger partial charge is 0.135 e. The van der Waals surface area contributed by atoms with Gasteiger partial charge >= 0.3 is 0 Å². The molecular weight excluding hydrogens is 261 g/mol. The lowest BCUT2D eigenvalue weighted by atomic mass is 10.1. The first-order valence-electron chi connectivity index (χ1n) is 4.80. The maximum atomic E-state index is 13.3. The molecule has 1 aliphatic heterocycles. The van der Waals surface area contributed by atoms with Gasteiger partial charge in [-0.25, -0.2) is 4.39 Å². The number of rotatable bonds is 2. The van der Waals surface area contributed by atoms with Gasteiger partial charge in [0.1, 0.15) is 18.5 Å². The van der Waals surface area contributed by atoms with Crippen molar-refractivity contribution in [2.24, 2.45) is 0 Å². The Bertz CT molecular complexity index is 317. The van der Waals surface area contributed by atoms with Gasteiger partial charge in [0.15, 0.2) is 0 Å². The van der Waals surface area contributed by atoms with Crippen molar-refractivity contribution in [1.82, 2.24) is 5.32 Å². The third-order valence-corrected chi connectivity index (χ3v) is 2.58. The van der Waals surface area contributed by atoms with E-state index in [2.05, 4.69) is 27.8 Å². The maximum Gasteiger partial charge on any atom is 0.135 e. The highest BCUT2D eigenvalue weighted by Crippen LogP contribution is 2.22. The van der Waals surface area contributed by atoms with E-state index in [0.717, 1.165) is 16.7 Å². The Labute approximate surface area is 98.0 Å². The molecule has 0 aromatic carbocycles. The molecular formula is C11H15BrFNO. The number of hydrogen-bond acceptors (Lipinski definition) is 2. The predicted molar refractivity (Wildman–Crippen MR) is 63.4 cm³/mol. The third-order valence-electron chi connectivity index (χ3n) is 2.12. The fourth-order valence-corrected chi connectivity index (χ4v) is 1.74. The standard InChI is InChI=1S/C11H15BrFNO/c1-7(12)10(8(2)13)6-11-9(3)15-5-4-14-11/h6,8,14H,3-5H2,1-2H3/b10-7-,11-6+. The largest absolute Gasteiger partial charge is 0.490 e. The van der Waals surface area contributed by atoms with Crippen molar-refractivity contribution in [1.29, 1.82) is 0 Å². The Hall–Kier alpha value is -0.770. The van der Waals surface area contributed by atoms with E-state index < -0.39 is 6.17 Å². The second kappa shape index (κ2) is 5.35. The van der Waals surface area contributed by atoms with Crippen molar-refractivity contribution in [2.45, 2.75) is 20.0 Å². The minimum atomic E-state index is -1.02. The number of hydrogen-bond donors (Lipinski definition) is 1. The van der Waals surface area contributed by atoms with Crippen LogP contribution in [-0.4, -0.2) is 19.3 Å². The van der Waals surface area contributed by atoms with Gasteiger partial charge in [-0.1, -0.05) is 22.5 Å². The Kier molecular flexibility index (Phi) is 4.39. The van der Waals surface area contributed by atoms with Crippen molar-refractivity contribution in [3.8, 4) is 0 Å². The Balaban J connectivity index is 2.92. The summed E-state index contributed by atoms with van der Waals surface area (Å²) in [6.45, 7) is 8.40. The Morgan fingerprint density at radius 1 is 1.73 bits per heavy atom. The summed E-state index contributed by atoms with van der Waals surface area (Å²) >= 11 is 3.28. The number of nitrogens with one attached hydrogen (secondary N) is 1. The van der Waals surface area contributed by atoms with Crippen LogP contribution >= 0.6 is 15.9 Å². The quantitative estimate of drug-likeness (QED) is 0.837. The normalized spacial score (nSPS) is 22.9. The van der Waals surface area contributed by atoms with E-state index in [4.69, 9.17) is 4.74 Å². The molecule has 1 fully saturated rings. The van der Waals surface area contributed by atoms with E-state index in [1.165, 1.54) is 6.92 Å². The lowest BCUT2D eigenvalue weighted by molar-refractivity contribution is 0.198. The molecule has 1 atom stereocenters. The van der Waals surface area contributed by atoms with Crippen LogP contribution in [0.25, 0.3) is 0 Å². The van der Waals surface area contributed by atoms with Gasteiger partial charge < -0.3 is 10.1 Å². The molecule has 0 spiro atoms. The summed E-state index contributed by atoms with van der Waals surface area (Å²) in [5.74, 6) is 0.563. The third kappa shape index (κ3) is 3.38. The molecule has 0 bridgehead atoms. The summed E-state index contributed by atoms with van der Waals surface area (Å²) in [5, 5.41) is 3.12. The van der Waals surface area contributed by atoms with Crippen molar-refractivity contribution < 1.29 is 9.13 Å². The summed E-state index contributed by atoms with van der Waals surface area (Å²) in [6.07, 6.45) is 0.712. The topological polar surface area (TPSA) is 21.3 Å². The van der Waals surface area contributed by atoms with Gasteiger partial charge in [0.2, 0.25) is 0 Å². The van der Waals surface area contributed by atoms with Gasteiger partial charge in [-0.2, -0.15) is 0 Å². The molecule has 4 heteroatoms. The fraction of sp³-hybridized carbons (Fsp3) is 0.455. The predicted octanol–water partition coefficient (Wildman–Crippen LogP) is 3.03. The highest BCUT2D eigenvalue weighted by atomic mass is 79.9. The summed E-state index contributed by atoms with van der Waals surface area (Å²) in [6, 6.07) is 0. The first-order valence-corrected chi connectivity index (χ1v) is 5.59. The SMILES string of the molecule is C=C1OCCN/C1=C/C(=C(\C)Br)C(C)F. The van der Waals surface area contributed by atoms with Crippen LogP contribution in [0.3, 0.4) is 0 Å². The Morgan fingerprint density at radius 2 is 2.40 bits per heavy atom. The second-order valence-corrected chi connectivity index (χ2v) is 4.55. The van der Waals surface area contributed by atoms with Crippen molar-refractivity contribution in [2.75, 3.05) is 13.2 Å². The minimum Gasteiger partial charge on any atom is -0.490 e. The number of allylic oxidation sites excluding steroid dienone is 3. The van der Waals surface area contributed by atoms with Gasteiger partial charge in [0, 0.05) is 6.54 Å². The fourth-order valence-electron chi connectivity index (χ4n) is 1.31. The first-order chi connectivity index (χ1) is 7.02. The molecule has 1 N–H and O–H groups in total. The molecule has 2 nitrogen and oxygen atoms in total. The van der Waals surface area contributed by atoms with E-state index >= 15 is 0 Å². The molecule has 1 aliphatic rings. The van der Waals surface area contributed by atoms with Crippen molar-refractivity contribution in [3.63, 3.8) is 0 Å². The molecule has 1 unspecified atom stereocenters. The van der Waals surface area contributed by atoms with Gasteiger partial charge in [0.05, 0.1) is 5.70 Å². The number of halogens is 2. The molecule has 1 rings (SSSR count). The van der Waals surface area contributed by atoms with E-state index in [9.17, 15) is 4.39 Å². The number of morpholine rings is 1. The van der Waals surface area contributed by atoms with Crippen LogP contribution in [-0.2, 0) is 4.74 Å². The zero-order chi connectivity index (χ0) is 11.4. The average molecular weight is 276 g/mol. The van der Waals surface area contributed by atoms with Crippen LogP contribution in [0.5, 0.6) is 0 Å². The van der Waals surface area contributed by atoms with E-state index in [1.807, 2.05) is 6.92 Å². The molecule has 1 heterocycles. The van der Waals surface area contributed by atoms with Crippen LogP contribution < -0.4 is 5.32 Å². The molecule has 0 aliphatic carbocycles. The first kappa shape index (κ1) is 12.3. The molecule has 15 heavy (non-hydrogen) atoms. The lowest BCUT2D eigenvalue weighted by Crippen LogP contribution is -2.27. The van der Waals surface area contributed by atoms with Crippen LogP contribution in [0.15, 0.2) is 34.2 Å². The number of ether oxygens (including phenoxy) is 1. The van der Waals surface area contributed by atoms with Gasteiger partial charge in [0.25, 0.3) is 0 Å². The van der Waals surface area contributed by atoms with Crippen LogP contribution in [0.1, 0.15) is 13.8 Å². The van der Waals surface area contributed by atoms with E-state index in [1.54, 1.807) is 6.08 Å². The molecule has 0 aromatic rings. The lowest BCUT2D eigenvalue weighted by Gasteiger charge is -2.21. The summed E-state index contributed by atoms with van der Waals surface area (Å²) < 4.78 is 19.3. The second-order valence-electron chi connectivity index (χ2n) is 3.36. The van der Waals surface area contributed by atoms with Crippen LogP contribution in [0, 0.1) is 0 Å². The van der Waals surface area contributed by atoms with Crippen LogP contribution in [0.2, 0.25) is 0 Å². The minimum absolute atomic E-state index is 0.563. The highest BCUT2D eigenvalue weighted by molar-refractivity contribution is 9.11. The molecule has 1 saturated heterocycles. The summed E-state index contributed by atoms with van der Waals surface area (Å²) in [4.78, 5) is 0. The molecule has 84 valence electrons. The van der Waals surface area contributed by atoms with Crippen molar-refractivity contribution >= 4 is 15.9 Å². The molecule has 0 saturated carbocycles. The summed E-state index contributed by atoms with van der Waals surface area (Å²) in [5.41, 5.74) is 1.35. The van der Waals surface area contributed by atoms with Crippen LogP contribution in [0.4, 0.5) is 4.39 Å². The highest BCUT2D eigenvalue weighted by Gasteiger charge is 2.13. The van der Waals surface area contributed by atoms with Gasteiger partial charge in [-0.05, 0) is 30.0 Å². The maximum absolute atomic E-state index is 13.3. The zero-order valence-corrected chi connectivity index (χ0v) is 10.5. The number of alkyl halides is 1. The molecule has 0 radical (unpaired) electrons. The molecule has 0 aromatic heterocycles. The van der Waals surface area contributed by atoms with Gasteiger partial charge in [-0.15, -0.1) is 0 Å². The molecule has 0 amide bonds.